The lowest BCUT2D eigenvalue weighted by Crippen LogP contribution is -2.45. The van der Waals surface area contributed by atoms with Crippen molar-refractivity contribution in [3.63, 3.8) is 0 Å². The molecular formula is C16H25NOS. The summed E-state index contributed by atoms with van der Waals surface area (Å²) in [6, 6.07) is 10.3. The Balaban J connectivity index is 2.57. The second-order valence-corrected chi connectivity index (χ2v) is 7.01. The van der Waals surface area contributed by atoms with E-state index in [-0.39, 0.29) is 17.2 Å². The molecule has 1 N–H and O–H groups in total. The summed E-state index contributed by atoms with van der Waals surface area (Å²) >= 11 is 1.61. The number of carbonyl (C=O) groups is 1. The van der Waals surface area contributed by atoms with Crippen LogP contribution in [0.25, 0.3) is 0 Å². The molecule has 2 nitrogen and oxygen atoms in total. The lowest BCUT2D eigenvalue weighted by molar-refractivity contribution is -0.121. The van der Waals surface area contributed by atoms with Crippen LogP contribution in [0, 0.1) is 11.8 Å². The van der Waals surface area contributed by atoms with E-state index in [1.807, 2.05) is 37.3 Å². The van der Waals surface area contributed by atoms with Gasteiger partial charge in [0.05, 0.1) is 5.25 Å². The fourth-order valence-corrected chi connectivity index (χ4v) is 3.04. The molecule has 0 aliphatic heterocycles. The first-order valence-corrected chi connectivity index (χ1v) is 7.82. The standard InChI is InChI=1S/C16H25NOS/c1-11(2)15(12(3)4)17-16(18)13(5)19-14-9-7-6-8-10-14/h6-13,15H,1-5H3,(H,17,18)/t13-/m0/s1. The van der Waals surface area contributed by atoms with Gasteiger partial charge in [0, 0.05) is 10.9 Å². The molecule has 1 aromatic carbocycles. The molecular weight excluding hydrogens is 254 g/mol. The molecule has 0 aliphatic rings. The lowest BCUT2D eigenvalue weighted by atomic mass is 9.93. The van der Waals surface area contributed by atoms with Crippen molar-refractivity contribution in [2.75, 3.05) is 0 Å². The van der Waals surface area contributed by atoms with Crippen LogP contribution in [0.15, 0.2) is 35.2 Å². The molecule has 1 atom stereocenters. The maximum Gasteiger partial charge on any atom is 0.233 e. The summed E-state index contributed by atoms with van der Waals surface area (Å²) in [6.45, 7) is 10.6. The molecule has 0 saturated heterocycles. The minimum Gasteiger partial charge on any atom is -0.352 e. The minimum absolute atomic E-state index is 0.0672. The van der Waals surface area contributed by atoms with Crippen LogP contribution in [0.1, 0.15) is 34.6 Å². The molecule has 106 valence electrons. The summed E-state index contributed by atoms with van der Waals surface area (Å²) < 4.78 is 0. The summed E-state index contributed by atoms with van der Waals surface area (Å²) in [4.78, 5) is 13.4. The van der Waals surface area contributed by atoms with Crippen LogP contribution in [-0.2, 0) is 4.79 Å². The Bertz CT molecular complexity index is 381. The second-order valence-electron chi connectivity index (χ2n) is 5.60. The van der Waals surface area contributed by atoms with E-state index in [9.17, 15) is 4.79 Å². The average molecular weight is 279 g/mol. The van der Waals surface area contributed by atoms with Crippen LogP contribution in [0.3, 0.4) is 0 Å². The van der Waals surface area contributed by atoms with Gasteiger partial charge < -0.3 is 5.32 Å². The molecule has 0 bridgehead atoms. The van der Waals surface area contributed by atoms with Crippen molar-refractivity contribution < 1.29 is 4.79 Å². The van der Waals surface area contributed by atoms with Gasteiger partial charge in [-0.1, -0.05) is 45.9 Å². The van der Waals surface area contributed by atoms with Crippen molar-refractivity contribution in [2.24, 2.45) is 11.8 Å². The lowest BCUT2D eigenvalue weighted by Gasteiger charge is -2.27. The van der Waals surface area contributed by atoms with E-state index in [0.29, 0.717) is 11.8 Å². The van der Waals surface area contributed by atoms with Crippen molar-refractivity contribution in [3.05, 3.63) is 30.3 Å². The second kappa shape index (κ2) is 7.59. The average Bonchev–Trinajstić information content (AvgIpc) is 2.35. The Morgan fingerprint density at radius 2 is 1.53 bits per heavy atom. The maximum absolute atomic E-state index is 12.2. The van der Waals surface area contributed by atoms with Gasteiger partial charge in [-0.3, -0.25) is 4.79 Å². The van der Waals surface area contributed by atoms with Crippen LogP contribution in [-0.4, -0.2) is 17.2 Å². The van der Waals surface area contributed by atoms with E-state index in [2.05, 4.69) is 33.0 Å². The van der Waals surface area contributed by atoms with Gasteiger partial charge in [-0.2, -0.15) is 0 Å². The van der Waals surface area contributed by atoms with Gasteiger partial charge in [-0.25, -0.2) is 0 Å². The molecule has 0 spiro atoms. The third kappa shape index (κ3) is 5.27. The van der Waals surface area contributed by atoms with E-state index in [1.165, 1.54) is 0 Å². The van der Waals surface area contributed by atoms with Gasteiger partial charge in [-0.15, -0.1) is 11.8 Å². The number of rotatable bonds is 6. The Kier molecular flexibility index (Phi) is 6.43. The van der Waals surface area contributed by atoms with Crippen LogP contribution < -0.4 is 5.32 Å². The zero-order chi connectivity index (χ0) is 14.4. The highest BCUT2D eigenvalue weighted by molar-refractivity contribution is 8.00. The van der Waals surface area contributed by atoms with E-state index >= 15 is 0 Å². The topological polar surface area (TPSA) is 29.1 Å². The fourth-order valence-electron chi connectivity index (χ4n) is 2.14. The molecule has 1 amide bonds. The predicted octanol–water partition coefficient (Wildman–Crippen LogP) is 3.96. The molecule has 0 fully saturated rings. The van der Waals surface area contributed by atoms with E-state index < -0.39 is 0 Å². The molecule has 0 aromatic heterocycles. The van der Waals surface area contributed by atoms with Crippen molar-refractivity contribution >= 4 is 17.7 Å². The monoisotopic (exact) mass is 279 g/mol. The summed E-state index contributed by atoms with van der Waals surface area (Å²) in [5.41, 5.74) is 0. The zero-order valence-electron chi connectivity index (χ0n) is 12.5. The highest BCUT2D eigenvalue weighted by Gasteiger charge is 2.22. The number of nitrogens with one attached hydrogen (secondary N) is 1. The molecule has 0 heterocycles. The number of hydrogen-bond donors (Lipinski definition) is 1. The first-order valence-electron chi connectivity index (χ1n) is 6.94. The van der Waals surface area contributed by atoms with Crippen LogP contribution >= 0.6 is 11.8 Å². The van der Waals surface area contributed by atoms with Gasteiger partial charge >= 0.3 is 0 Å². The van der Waals surface area contributed by atoms with Gasteiger partial charge in [0.2, 0.25) is 5.91 Å². The largest absolute Gasteiger partial charge is 0.352 e. The number of hydrogen-bond acceptors (Lipinski definition) is 2. The first-order chi connectivity index (χ1) is 8.91. The highest BCUT2D eigenvalue weighted by atomic mass is 32.2. The fraction of sp³-hybridized carbons (Fsp3) is 0.562. The Hall–Kier alpha value is -0.960. The van der Waals surface area contributed by atoms with E-state index in [4.69, 9.17) is 0 Å². The third-order valence-corrected chi connectivity index (χ3v) is 4.28. The quantitative estimate of drug-likeness (QED) is 0.798. The molecule has 1 aromatic rings. The van der Waals surface area contributed by atoms with Gasteiger partial charge in [0.1, 0.15) is 0 Å². The smallest absolute Gasteiger partial charge is 0.233 e. The van der Waals surface area contributed by atoms with Crippen molar-refractivity contribution in [3.8, 4) is 0 Å². The van der Waals surface area contributed by atoms with E-state index in [1.54, 1.807) is 11.8 Å². The summed E-state index contributed by atoms with van der Waals surface area (Å²) in [6.07, 6.45) is 0. The van der Waals surface area contributed by atoms with Gasteiger partial charge in [0.15, 0.2) is 0 Å². The molecule has 0 saturated carbocycles. The summed E-state index contributed by atoms with van der Waals surface area (Å²) in [5.74, 6) is 1.04. The van der Waals surface area contributed by atoms with Crippen molar-refractivity contribution in [1.29, 1.82) is 0 Å². The number of amides is 1. The van der Waals surface area contributed by atoms with Crippen LogP contribution in [0.4, 0.5) is 0 Å². The molecule has 0 radical (unpaired) electrons. The minimum atomic E-state index is -0.0672. The molecule has 0 aliphatic carbocycles. The molecule has 0 unspecified atom stereocenters. The zero-order valence-corrected chi connectivity index (χ0v) is 13.3. The molecule has 1 rings (SSSR count). The maximum atomic E-state index is 12.2. The Morgan fingerprint density at radius 3 is 2.00 bits per heavy atom. The predicted molar refractivity (Wildman–Crippen MR) is 83.4 cm³/mol. The third-order valence-electron chi connectivity index (χ3n) is 3.17. The van der Waals surface area contributed by atoms with Crippen LogP contribution in [0.2, 0.25) is 0 Å². The van der Waals surface area contributed by atoms with Crippen molar-refractivity contribution in [2.45, 2.75) is 50.8 Å². The Morgan fingerprint density at radius 1 is 1.00 bits per heavy atom. The summed E-state index contributed by atoms with van der Waals surface area (Å²) in [5, 5.41) is 3.11. The number of thioether (sulfide) groups is 1. The van der Waals surface area contributed by atoms with Crippen LogP contribution in [0.5, 0.6) is 0 Å². The first kappa shape index (κ1) is 16.1. The van der Waals surface area contributed by atoms with Crippen molar-refractivity contribution in [1.82, 2.24) is 5.32 Å². The summed E-state index contributed by atoms with van der Waals surface area (Å²) in [7, 11) is 0. The normalized spacial score (nSPS) is 13.1. The van der Waals surface area contributed by atoms with E-state index in [0.717, 1.165) is 4.90 Å². The Labute approximate surface area is 121 Å². The van der Waals surface area contributed by atoms with Gasteiger partial charge in [0.25, 0.3) is 0 Å². The SMILES string of the molecule is CC(C)C(NC(=O)[C@H](C)Sc1ccccc1)C(C)C. The van der Waals surface area contributed by atoms with Gasteiger partial charge in [-0.05, 0) is 30.9 Å². The molecule has 19 heavy (non-hydrogen) atoms. The number of benzene rings is 1. The molecule has 3 heteroatoms. The number of carbonyl (C=O) groups excluding carboxylic acids is 1. The highest BCUT2D eigenvalue weighted by Crippen LogP contribution is 2.23.